The summed E-state index contributed by atoms with van der Waals surface area (Å²) in [6.07, 6.45) is 10.2. The van der Waals surface area contributed by atoms with E-state index in [0.717, 1.165) is 23.6 Å². The van der Waals surface area contributed by atoms with E-state index in [1.807, 2.05) is 0 Å². The van der Waals surface area contributed by atoms with Gasteiger partial charge in [-0.15, -0.1) is 0 Å². The number of aromatic nitrogens is 1. The average molecular weight is 226 g/mol. The fourth-order valence-electron chi connectivity index (χ4n) is 1.99. The molecule has 1 heterocycles. The molecule has 1 fully saturated rings. The van der Waals surface area contributed by atoms with E-state index in [-0.39, 0.29) is 0 Å². The first-order valence-electron chi connectivity index (χ1n) is 5.71. The summed E-state index contributed by atoms with van der Waals surface area (Å²) in [5.74, 6) is 1.04. The van der Waals surface area contributed by atoms with E-state index in [0.29, 0.717) is 0 Å². The van der Waals surface area contributed by atoms with Gasteiger partial charge in [-0.2, -0.15) is 0 Å². The van der Waals surface area contributed by atoms with Gasteiger partial charge in [-0.3, -0.25) is 0 Å². The Morgan fingerprint density at radius 1 is 1.40 bits per heavy atom. The fraction of sp³-hybridized carbons (Fsp3) is 0.727. The molecule has 1 aromatic heterocycles. The zero-order valence-corrected chi connectivity index (χ0v) is 9.76. The van der Waals surface area contributed by atoms with Gasteiger partial charge < -0.3 is 9.73 Å². The minimum Gasteiger partial charge on any atom is -0.440 e. The number of hydrogen-bond acceptors (Lipinski definition) is 4. The van der Waals surface area contributed by atoms with Crippen molar-refractivity contribution in [3.63, 3.8) is 0 Å². The third kappa shape index (κ3) is 3.87. The Morgan fingerprint density at radius 3 is 3.00 bits per heavy atom. The average Bonchev–Trinajstić information content (AvgIpc) is 2.79. The summed E-state index contributed by atoms with van der Waals surface area (Å²) < 4.78 is 5.15. The van der Waals surface area contributed by atoms with Gasteiger partial charge in [0.2, 0.25) is 0 Å². The maximum absolute atomic E-state index is 5.15. The third-order valence-corrected chi connectivity index (χ3v) is 3.63. The molecule has 0 radical (unpaired) electrons. The first kappa shape index (κ1) is 11.0. The minimum atomic E-state index is 0.754. The molecule has 0 amide bonds. The molecule has 15 heavy (non-hydrogen) atoms. The van der Waals surface area contributed by atoms with E-state index in [2.05, 4.69) is 10.3 Å². The van der Waals surface area contributed by atoms with Crippen LogP contribution in [-0.2, 0) is 0 Å². The fourth-order valence-corrected chi connectivity index (χ4v) is 2.64. The second kappa shape index (κ2) is 6.18. The molecule has 0 saturated heterocycles. The molecule has 1 aromatic rings. The maximum Gasteiger partial charge on any atom is 0.255 e. The molecule has 0 spiro atoms. The van der Waals surface area contributed by atoms with Gasteiger partial charge in [-0.25, -0.2) is 4.98 Å². The molecule has 1 aliphatic rings. The largest absolute Gasteiger partial charge is 0.440 e. The molecular weight excluding hydrogens is 208 g/mol. The number of hydrogen-bond donors (Lipinski definition) is 1. The van der Waals surface area contributed by atoms with E-state index in [9.17, 15) is 0 Å². The summed E-state index contributed by atoms with van der Waals surface area (Å²) in [4.78, 5) is 4.07. The summed E-state index contributed by atoms with van der Waals surface area (Å²) in [5, 5.41) is 4.37. The van der Waals surface area contributed by atoms with Crippen LogP contribution in [0, 0.1) is 0 Å². The molecule has 1 saturated carbocycles. The molecule has 0 aliphatic heterocycles. The standard InChI is InChI=1S/C11H18N2OS/c1-2-4-10(5-3-1)12-7-9-15-11-13-6-8-14-11/h6,8,10,12H,1-5,7,9H2. The van der Waals surface area contributed by atoms with E-state index >= 15 is 0 Å². The molecule has 1 N–H and O–H groups in total. The van der Waals surface area contributed by atoms with Crippen LogP contribution in [0.3, 0.4) is 0 Å². The normalized spacial score (nSPS) is 18.1. The topological polar surface area (TPSA) is 38.1 Å². The van der Waals surface area contributed by atoms with Crippen LogP contribution in [0.4, 0.5) is 0 Å². The zero-order chi connectivity index (χ0) is 10.3. The van der Waals surface area contributed by atoms with E-state index in [1.165, 1.54) is 32.1 Å². The van der Waals surface area contributed by atoms with Crippen molar-refractivity contribution in [3.05, 3.63) is 12.5 Å². The highest BCUT2D eigenvalue weighted by molar-refractivity contribution is 7.99. The first-order valence-corrected chi connectivity index (χ1v) is 6.69. The van der Waals surface area contributed by atoms with Crippen molar-refractivity contribution in [2.75, 3.05) is 12.3 Å². The molecule has 2 rings (SSSR count). The van der Waals surface area contributed by atoms with Crippen LogP contribution in [0.1, 0.15) is 32.1 Å². The minimum absolute atomic E-state index is 0.754. The SMILES string of the molecule is c1coc(SCCNC2CCCCC2)n1. The number of oxazole rings is 1. The van der Waals surface area contributed by atoms with Crippen LogP contribution in [0.15, 0.2) is 22.1 Å². The van der Waals surface area contributed by atoms with Crippen LogP contribution in [-0.4, -0.2) is 23.3 Å². The monoisotopic (exact) mass is 226 g/mol. The van der Waals surface area contributed by atoms with Crippen molar-refractivity contribution in [1.29, 1.82) is 0 Å². The Hall–Kier alpha value is -0.480. The number of thioether (sulfide) groups is 1. The molecule has 1 aliphatic carbocycles. The third-order valence-electron chi connectivity index (χ3n) is 2.78. The summed E-state index contributed by atoms with van der Waals surface area (Å²) in [6, 6.07) is 0.754. The molecule has 0 atom stereocenters. The Morgan fingerprint density at radius 2 is 2.27 bits per heavy atom. The second-order valence-corrected chi connectivity index (χ2v) is 4.98. The smallest absolute Gasteiger partial charge is 0.255 e. The summed E-state index contributed by atoms with van der Waals surface area (Å²) in [5.41, 5.74) is 0. The van der Waals surface area contributed by atoms with E-state index < -0.39 is 0 Å². The molecule has 0 aromatic carbocycles. The Labute approximate surface area is 95.0 Å². The lowest BCUT2D eigenvalue weighted by atomic mass is 9.96. The van der Waals surface area contributed by atoms with Crippen LogP contribution >= 0.6 is 11.8 Å². The quantitative estimate of drug-likeness (QED) is 0.619. The lowest BCUT2D eigenvalue weighted by Crippen LogP contribution is -2.32. The molecule has 3 nitrogen and oxygen atoms in total. The van der Waals surface area contributed by atoms with Crippen molar-refractivity contribution in [1.82, 2.24) is 10.3 Å². The van der Waals surface area contributed by atoms with Gasteiger partial charge >= 0.3 is 0 Å². The van der Waals surface area contributed by atoms with Gasteiger partial charge in [-0.1, -0.05) is 31.0 Å². The van der Waals surface area contributed by atoms with Crippen molar-refractivity contribution in [2.24, 2.45) is 0 Å². The van der Waals surface area contributed by atoms with Crippen LogP contribution < -0.4 is 5.32 Å². The molecule has 0 bridgehead atoms. The predicted octanol–water partition coefficient (Wildman–Crippen LogP) is 2.69. The van der Waals surface area contributed by atoms with Crippen LogP contribution in [0.25, 0.3) is 0 Å². The van der Waals surface area contributed by atoms with Gasteiger partial charge in [0.05, 0.1) is 6.20 Å². The second-order valence-electron chi connectivity index (χ2n) is 3.94. The van der Waals surface area contributed by atoms with Gasteiger partial charge in [0.25, 0.3) is 5.22 Å². The molecule has 84 valence electrons. The highest BCUT2D eigenvalue weighted by atomic mass is 32.2. The van der Waals surface area contributed by atoms with Gasteiger partial charge in [0, 0.05) is 18.3 Å². The predicted molar refractivity (Wildman–Crippen MR) is 62.1 cm³/mol. The van der Waals surface area contributed by atoms with Crippen molar-refractivity contribution >= 4 is 11.8 Å². The zero-order valence-electron chi connectivity index (χ0n) is 8.95. The van der Waals surface area contributed by atoms with Crippen molar-refractivity contribution in [2.45, 2.75) is 43.4 Å². The van der Waals surface area contributed by atoms with Gasteiger partial charge in [0.1, 0.15) is 6.26 Å². The highest BCUT2D eigenvalue weighted by Crippen LogP contribution is 2.18. The van der Waals surface area contributed by atoms with Gasteiger partial charge in [0.15, 0.2) is 0 Å². The summed E-state index contributed by atoms with van der Waals surface area (Å²) in [6.45, 7) is 1.05. The maximum atomic E-state index is 5.15. The van der Waals surface area contributed by atoms with Crippen LogP contribution in [0.2, 0.25) is 0 Å². The van der Waals surface area contributed by atoms with E-state index in [1.54, 1.807) is 24.2 Å². The lowest BCUT2D eigenvalue weighted by molar-refractivity contribution is 0.380. The summed E-state index contributed by atoms with van der Waals surface area (Å²) in [7, 11) is 0. The van der Waals surface area contributed by atoms with Gasteiger partial charge in [-0.05, 0) is 12.8 Å². The van der Waals surface area contributed by atoms with Crippen molar-refractivity contribution in [3.8, 4) is 0 Å². The Balaban J connectivity index is 1.54. The molecule has 4 heteroatoms. The summed E-state index contributed by atoms with van der Waals surface area (Å²) >= 11 is 1.68. The number of nitrogens with zero attached hydrogens (tertiary/aromatic N) is 1. The highest BCUT2D eigenvalue weighted by Gasteiger charge is 2.11. The van der Waals surface area contributed by atoms with Crippen molar-refractivity contribution < 1.29 is 4.42 Å². The Kier molecular flexibility index (Phi) is 4.54. The number of rotatable bonds is 5. The molecular formula is C11H18N2OS. The lowest BCUT2D eigenvalue weighted by Gasteiger charge is -2.22. The van der Waals surface area contributed by atoms with E-state index in [4.69, 9.17) is 4.42 Å². The molecule has 0 unspecified atom stereocenters. The Bertz CT molecular complexity index is 258. The van der Waals surface area contributed by atoms with Crippen LogP contribution in [0.5, 0.6) is 0 Å². The first-order chi connectivity index (χ1) is 7.45. The number of nitrogens with one attached hydrogen (secondary N) is 1.